The topological polar surface area (TPSA) is 47.6 Å². The van der Waals surface area contributed by atoms with Crippen LogP contribution >= 0.6 is 0 Å². The summed E-state index contributed by atoms with van der Waals surface area (Å²) in [5.41, 5.74) is 1.19. The van der Waals surface area contributed by atoms with E-state index in [1.165, 1.54) is 5.56 Å². The molecule has 0 aliphatic carbocycles. The van der Waals surface area contributed by atoms with Crippen LogP contribution in [0.15, 0.2) is 24.3 Å². The first-order valence-electron chi connectivity index (χ1n) is 6.45. The predicted molar refractivity (Wildman–Crippen MR) is 66.7 cm³/mol. The van der Waals surface area contributed by atoms with Crippen LogP contribution in [0.1, 0.15) is 24.3 Å². The van der Waals surface area contributed by atoms with Crippen molar-refractivity contribution in [2.24, 2.45) is 0 Å². The highest BCUT2D eigenvalue weighted by Crippen LogP contribution is 2.32. The summed E-state index contributed by atoms with van der Waals surface area (Å²) in [5.74, 6) is 1.21. The highest BCUT2D eigenvalue weighted by atomic mass is 16.5. The lowest BCUT2D eigenvalue weighted by Gasteiger charge is -2.13. The van der Waals surface area contributed by atoms with Gasteiger partial charge in [0.15, 0.2) is 0 Å². The molecule has 0 saturated carbocycles. The molecule has 4 nitrogen and oxygen atoms in total. The van der Waals surface area contributed by atoms with E-state index in [2.05, 4.69) is 11.4 Å². The monoisotopic (exact) mass is 247 g/mol. The van der Waals surface area contributed by atoms with Crippen molar-refractivity contribution in [3.05, 3.63) is 29.8 Å². The van der Waals surface area contributed by atoms with Crippen LogP contribution in [0.2, 0.25) is 0 Å². The van der Waals surface area contributed by atoms with Crippen molar-refractivity contribution in [2.75, 3.05) is 19.8 Å². The maximum Gasteiger partial charge on any atom is 0.249 e. The summed E-state index contributed by atoms with van der Waals surface area (Å²) in [6, 6.07) is 8.00. The maximum absolute atomic E-state index is 11.8. The first kappa shape index (κ1) is 11.5. The van der Waals surface area contributed by atoms with Crippen molar-refractivity contribution < 1.29 is 14.3 Å². The van der Waals surface area contributed by atoms with E-state index in [1.54, 1.807) is 0 Å². The minimum absolute atomic E-state index is 0.0110. The van der Waals surface area contributed by atoms with Crippen molar-refractivity contribution in [1.29, 1.82) is 0 Å². The fraction of sp³-hybridized carbons (Fsp3) is 0.500. The van der Waals surface area contributed by atoms with E-state index in [9.17, 15) is 4.79 Å². The normalized spacial score (nSPS) is 25.6. The van der Waals surface area contributed by atoms with Gasteiger partial charge in [-0.3, -0.25) is 4.79 Å². The number of para-hydroxylation sites is 1. The van der Waals surface area contributed by atoms with Gasteiger partial charge in [-0.05, 0) is 18.9 Å². The number of rotatable bonds is 3. The largest absolute Gasteiger partial charge is 0.493 e. The molecule has 0 radical (unpaired) electrons. The second-order valence-corrected chi connectivity index (χ2v) is 4.79. The Morgan fingerprint density at radius 1 is 1.39 bits per heavy atom. The molecule has 1 aromatic carbocycles. The molecule has 0 spiro atoms. The third-order valence-corrected chi connectivity index (χ3v) is 3.54. The van der Waals surface area contributed by atoms with Gasteiger partial charge in [0.05, 0.1) is 6.61 Å². The molecule has 1 amide bonds. The Hall–Kier alpha value is -1.55. The van der Waals surface area contributed by atoms with Crippen molar-refractivity contribution in [3.8, 4) is 5.75 Å². The second kappa shape index (κ2) is 4.98. The van der Waals surface area contributed by atoms with E-state index >= 15 is 0 Å². The number of hydrogen-bond donors (Lipinski definition) is 1. The van der Waals surface area contributed by atoms with Gasteiger partial charge >= 0.3 is 0 Å². The van der Waals surface area contributed by atoms with E-state index < -0.39 is 0 Å². The molecule has 1 saturated heterocycles. The number of fused-ring (bicyclic) bond motifs is 1. The summed E-state index contributed by atoms with van der Waals surface area (Å²) in [4.78, 5) is 11.8. The Balaban J connectivity index is 1.57. The molecular weight excluding hydrogens is 230 g/mol. The van der Waals surface area contributed by atoms with Crippen molar-refractivity contribution in [1.82, 2.24) is 5.32 Å². The van der Waals surface area contributed by atoms with Crippen LogP contribution in [0.4, 0.5) is 0 Å². The summed E-state index contributed by atoms with van der Waals surface area (Å²) in [6.45, 7) is 1.97. The number of ether oxygens (including phenoxy) is 2. The predicted octanol–water partition coefficient (Wildman–Crippen LogP) is 1.46. The third-order valence-electron chi connectivity index (χ3n) is 3.54. The second-order valence-electron chi connectivity index (χ2n) is 4.79. The minimum atomic E-state index is -0.248. The Kier molecular flexibility index (Phi) is 3.19. The van der Waals surface area contributed by atoms with E-state index in [-0.39, 0.29) is 17.9 Å². The Morgan fingerprint density at radius 3 is 3.11 bits per heavy atom. The molecule has 0 bridgehead atoms. The van der Waals surface area contributed by atoms with Gasteiger partial charge in [-0.1, -0.05) is 18.2 Å². The zero-order valence-electron chi connectivity index (χ0n) is 10.2. The van der Waals surface area contributed by atoms with E-state index in [0.717, 1.165) is 18.6 Å². The summed E-state index contributed by atoms with van der Waals surface area (Å²) in [5, 5.41) is 2.96. The van der Waals surface area contributed by atoms with Gasteiger partial charge in [0.25, 0.3) is 0 Å². The van der Waals surface area contributed by atoms with Crippen LogP contribution < -0.4 is 10.1 Å². The number of nitrogens with one attached hydrogen (secondary N) is 1. The van der Waals surface area contributed by atoms with Crippen LogP contribution in [-0.4, -0.2) is 31.8 Å². The Bertz CT molecular complexity index is 440. The summed E-state index contributed by atoms with van der Waals surface area (Å²) < 4.78 is 10.9. The molecule has 2 unspecified atom stereocenters. The molecule has 2 aliphatic rings. The Morgan fingerprint density at radius 2 is 2.28 bits per heavy atom. The highest BCUT2D eigenvalue weighted by molar-refractivity contribution is 5.81. The summed E-state index contributed by atoms with van der Waals surface area (Å²) in [7, 11) is 0. The number of hydrogen-bond acceptors (Lipinski definition) is 3. The standard InChI is InChI=1S/C14H17NO3/c16-14(13-6-3-7-17-13)15-8-10-9-18-12-5-2-1-4-11(10)12/h1-2,4-5,10,13H,3,6-9H2,(H,15,16). The quantitative estimate of drug-likeness (QED) is 0.879. The van der Waals surface area contributed by atoms with Crippen molar-refractivity contribution in [2.45, 2.75) is 24.9 Å². The zero-order chi connectivity index (χ0) is 12.4. The molecule has 2 aliphatic heterocycles. The lowest BCUT2D eigenvalue weighted by molar-refractivity contribution is -0.130. The number of amides is 1. The molecule has 3 rings (SSSR count). The average molecular weight is 247 g/mol. The van der Waals surface area contributed by atoms with Gasteiger partial charge in [-0.25, -0.2) is 0 Å². The molecular formula is C14H17NO3. The molecule has 1 aromatic rings. The number of benzene rings is 1. The van der Waals surface area contributed by atoms with Crippen LogP contribution in [0.5, 0.6) is 5.75 Å². The molecule has 18 heavy (non-hydrogen) atoms. The van der Waals surface area contributed by atoms with Crippen LogP contribution in [-0.2, 0) is 9.53 Å². The zero-order valence-corrected chi connectivity index (χ0v) is 10.2. The fourth-order valence-corrected chi connectivity index (χ4v) is 2.52. The van der Waals surface area contributed by atoms with Crippen LogP contribution in [0.3, 0.4) is 0 Å². The molecule has 2 atom stereocenters. The summed E-state index contributed by atoms with van der Waals surface area (Å²) in [6.07, 6.45) is 1.57. The number of carbonyl (C=O) groups is 1. The van der Waals surface area contributed by atoms with Gasteiger partial charge < -0.3 is 14.8 Å². The van der Waals surface area contributed by atoms with Gasteiger partial charge in [-0.15, -0.1) is 0 Å². The highest BCUT2D eigenvalue weighted by Gasteiger charge is 2.27. The summed E-state index contributed by atoms with van der Waals surface area (Å²) >= 11 is 0. The molecule has 1 fully saturated rings. The van der Waals surface area contributed by atoms with Crippen molar-refractivity contribution >= 4 is 5.91 Å². The lowest BCUT2D eigenvalue weighted by atomic mass is 10.0. The minimum Gasteiger partial charge on any atom is -0.493 e. The van der Waals surface area contributed by atoms with E-state index in [0.29, 0.717) is 19.8 Å². The van der Waals surface area contributed by atoms with Crippen LogP contribution in [0.25, 0.3) is 0 Å². The van der Waals surface area contributed by atoms with Gasteiger partial charge in [0.1, 0.15) is 11.9 Å². The van der Waals surface area contributed by atoms with E-state index in [4.69, 9.17) is 9.47 Å². The lowest BCUT2D eigenvalue weighted by Crippen LogP contribution is -2.36. The SMILES string of the molecule is O=C(NCC1COc2ccccc21)C1CCCO1. The van der Waals surface area contributed by atoms with E-state index in [1.807, 2.05) is 18.2 Å². The van der Waals surface area contributed by atoms with Gasteiger partial charge in [0.2, 0.25) is 5.91 Å². The third kappa shape index (κ3) is 2.20. The molecule has 4 heteroatoms. The number of carbonyl (C=O) groups excluding carboxylic acids is 1. The first-order valence-corrected chi connectivity index (χ1v) is 6.45. The first-order chi connectivity index (χ1) is 8.84. The molecule has 96 valence electrons. The Labute approximate surface area is 106 Å². The molecule has 0 aromatic heterocycles. The smallest absolute Gasteiger partial charge is 0.249 e. The van der Waals surface area contributed by atoms with Gasteiger partial charge in [-0.2, -0.15) is 0 Å². The molecule has 2 heterocycles. The van der Waals surface area contributed by atoms with Crippen molar-refractivity contribution in [3.63, 3.8) is 0 Å². The van der Waals surface area contributed by atoms with Crippen LogP contribution in [0, 0.1) is 0 Å². The average Bonchev–Trinajstić information content (AvgIpc) is 3.06. The maximum atomic E-state index is 11.8. The molecule has 1 N–H and O–H groups in total. The fourth-order valence-electron chi connectivity index (χ4n) is 2.52. The van der Waals surface area contributed by atoms with Gasteiger partial charge in [0, 0.05) is 24.6 Å².